The van der Waals surface area contributed by atoms with Crippen LogP contribution < -0.4 is 10.6 Å². The molecule has 2 N–H and O–H groups in total. The molecule has 1 aromatic rings. The Morgan fingerprint density at radius 1 is 1.21 bits per heavy atom. The van der Waals surface area contributed by atoms with E-state index in [0.29, 0.717) is 18.8 Å². The van der Waals surface area contributed by atoms with E-state index in [-0.39, 0.29) is 17.7 Å². The molecule has 1 aliphatic rings. The number of carbonyl (C=O) groups excluding carboxylic acids is 2. The molecule has 1 aliphatic carbocycles. The van der Waals surface area contributed by atoms with Crippen molar-refractivity contribution in [3.8, 4) is 0 Å². The second-order valence-corrected chi connectivity index (χ2v) is 5.05. The number of rotatable bonds is 6. The maximum Gasteiger partial charge on any atom is 0.227 e. The molecule has 5 heteroatoms. The molecule has 4 nitrogen and oxygen atoms in total. The summed E-state index contributed by atoms with van der Waals surface area (Å²) in [5, 5.41) is 5.65. The molecule has 0 atom stereocenters. The molecule has 0 saturated heterocycles. The molecular formula is C14H17ClN2O2. The quantitative estimate of drug-likeness (QED) is 0.786. The van der Waals surface area contributed by atoms with Gasteiger partial charge in [0.25, 0.3) is 0 Å². The molecule has 19 heavy (non-hydrogen) atoms. The van der Waals surface area contributed by atoms with Crippen LogP contribution in [-0.2, 0) is 16.1 Å². The van der Waals surface area contributed by atoms with Gasteiger partial charge in [0.1, 0.15) is 0 Å². The van der Waals surface area contributed by atoms with Gasteiger partial charge in [-0.3, -0.25) is 9.59 Å². The molecular weight excluding hydrogens is 264 g/mol. The van der Waals surface area contributed by atoms with E-state index in [4.69, 9.17) is 11.6 Å². The van der Waals surface area contributed by atoms with E-state index < -0.39 is 0 Å². The van der Waals surface area contributed by atoms with Crippen molar-refractivity contribution >= 4 is 29.1 Å². The van der Waals surface area contributed by atoms with Crippen LogP contribution in [0.4, 0.5) is 5.69 Å². The summed E-state index contributed by atoms with van der Waals surface area (Å²) >= 11 is 5.48. The first-order chi connectivity index (χ1) is 9.19. The molecule has 0 aromatic heterocycles. The lowest BCUT2D eigenvalue weighted by molar-refractivity contribution is -0.121. The van der Waals surface area contributed by atoms with E-state index in [9.17, 15) is 9.59 Å². The van der Waals surface area contributed by atoms with E-state index in [1.165, 1.54) is 0 Å². The number of hydrogen-bond donors (Lipinski definition) is 2. The first kappa shape index (κ1) is 13.9. The van der Waals surface area contributed by atoms with Crippen molar-refractivity contribution in [3.05, 3.63) is 29.8 Å². The Labute approximate surface area is 117 Å². The Morgan fingerprint density at radius 2 is 1.89 bits per heavy atom. The Balaban J connectivity index is 1.80. The molecule has 2 amide bonds. The number of nitrogens with one attached hydrogen (secondary N) is 2. The largest absolute Gasteiger partial charge is 0.352 e. The minimum absolute atomic E-state index is 0.0545. The Kier molecular flexibility index (Phi) is 4.80. The fraction of sp³-hybridized carbons (Fsp3) is 0.429. The summed E-state index contributed by atoms with van der Waals surface area (Å²) in [5.74, 6) is 0.580. The molecule has 0 spiro atoms. The van der Waals surface area contributed by atoms with Crippen LogP contribution in [-0.4, -0.2) is 17.7 Å². The highest BCUT2D eigenvalue weighted by atomic mass is 35.5. The third kappa shape index (κ3) is 4.56. The van der Waals surface area contributed by atoms with E-state index in [2.05, 4.69) is 10.6 Å². The fourth-order valence-corrected chi connectivity index (χ4v) is 1.84. The van der Waals surface area contributed by atoms with Gasteiger partial charge in [-0.1, -0.05) is 12.1 Å². The predicted molar refractivity (Wildman–Crippen MR) is 75.0 cm³/mol. The number of anilines is 1. The molecule has 102 valence electrons. The third-order valence-electron chi connectivity index (χ3n) is 2.98. The zero-order valence-corrected chi connectivity index (χ0v) is 11.4. The van der Waals surface area contributed by atoms with Gasteiger partial charge < -0.3 is 10.6 Å². The lowest BCUT2D eigenvalue weighted by Crippen LogP contribution is -2.22. The minimum Gasteiger partial charge on any atom is -0.352 e. The van der Waals surface area contributed by atoms with Crippen molar-refractivity contribution in [2.24, 2.45) is 5.92 Å². The first-order valence-corrected chi connectivity index (χ1v) is 6.95. The molecule has 1 fully saturated rings. The molecule has 0 radical (unpaired) electrons. The van der Waals surface area contributed by atoms with Crippen molar-refractivity contribution in [2.75, 3.05) is 11.2 Å². The molecule has 1 aromatic carbocycles. The maximum atomic E-state index is 11.6. The summed E-state index contributed by atoms with van der Waals surface area (Å²) in [6, 6.07) is 7.49. The lowest BCUT2D eigenvalue weighted by atomic mass is 10.2. The van der Waals surface area contributed by atoms with Crippen molar-refractivity contribution in [2.45, 2.75) is 25.8 Å². The number of benzene rings is 1. The smallest absolute Gasteiger partial charge is 0.227 e. The average molecular weight is 281 g/mol. The molecule has 0 unspecified atom stereocenters. The molecule has 0 aliphatic heterocycles. The Morgan fingerprint density at radius 3 is 2.47 bits per heavy atom. The van der Waals surface area contributed by atoms with Gasteiger partial charge >= 0.3 is 0 Å². The SMILES string of the molecule is O=C(CCCl)NCc1ccc(NC(=O)C2CC2)cc1. The van der Waals surface area contributed by atoms with Crippen LogP contribution in [0.15, 0.2) is 24.3 Å². The number of halogens is 1. The van der Waals surface area contributed by atoms with Crippen LogP contribution in [0.2, 0.25) is 0 Å². The molecule has 0 bridgehead atoms. The zero-order chi connectivity index (χ0) is 13.7. The van der Waals surface area contributed by atoms with Gasteiger partial charge in [-0.15, -0.1) is 11.6 Å². The van der Waals surface area contributed by atoms with E-state index >= 15 is 0 Å². The van der Waals surface area contributed by atoms with Gasteiger partial charge in [-0.25, -0.2) is 0 Å². The van der Waals surface area contributed by atoms with E-state index in [1.54, 1.807) is 0 Å². The summed E-state index contributed by atoms with van der Waals surface area (Å²) < 4.78 is 0. The van der Waals surface area contributed by atoms with Crippen LogP contribution in [0, 0.1) is 5.92 Å². The van der Waals surface area contributed by atoms with Crippen LogP contribution in [0.3, 0.4) is 0 Å². The topological polar surface area (TPSA) is 58.2 Å². The highest BCUT2D eigenvalue weighted by molar-refractivity contribution is 6.18. The van der Waals surface area contributed by atoms with Crippen molar-refractivity contribution < 1.29 is 9.59 Å². The number of hydrogen-bond acceptors (Lipinski definition) is 2. The van der Waals surface area contributed by atoms with E-state index in [0.717, 1.165) is 24.1 Å². The fourth-order valence-electron chi connectivity index (χ4n) is 1.67. The van der Waals surface area contributed by atoms with Gasteiger partial charge in [0.05, 0.1) is 0 Å². The average Bonchev–Trinajstić information content (AvgIpc) is 3.22. The van der Waals surface area contributed by atoms with Gasteiger partial charge in [-0.2, -0.15) is 0 Å². The Hall–Kier alpha value is -1.55. The summed E-state index contributed by atoms with van der Waals surface area (Å²) in [7, 11) is 0. The molecule has 0 heterocycles. The lowest BCUT2D eigenvalue weighted by Gasteiger charge is -2.07. The predicted octanol–water partition coefficient (Wildman–Crippen LogP) is 2.28. The highest BCUT2D eigenvalue weighted by Crippen LogP contribution is 2.30. The monoisotopic (exact) mass is 280 g/mol. The minimum atomic E-state index is -0.0545. The van der Waals surface area contributed by atoms with Gasteiger partial charge in [0.15, 0.2) is 0 Å². The standard InChI is InChI=1S/C14H17ClN2O2/c15-8-7-13(18)16-9-10-1-5-12(6-2-10)17-14(19)11-3-4-11/h1-2,5-6,11H,3-4,7-9H2,(H,16,18)(H,17,19). The van der Waals surface area contributed by atoms with Crippen molar-refractivity contribution in [1.82, 2.24) is 5.32 Å². The van der Waals surface area contributed by atoms with Gasteiger partial charge in [0, 0.05) is 30.5 Å². The molecule has 2 rings (SSSR count). The van der Waals surface area contributed by atoms with Gasteiger partial charge in [0.2, 0.25) is 11.8 Å². The second kappa shape index (κ2) is 6.57. The van der Waals surface area contributed by atoms with Crippen LogP contribution >= 0.6 is 11.6 Å². The normalized spacial score (nSPS) is 13.9. The zero-order valence-electron chi connectivity index (χ0n) is 10.6. The third-order valence-corrected chi connectivity index (χ3v) is 3.17. The van der Waals surface area contributed by atoms with Crippen LogP contribution in [0.1, 0.15) is 24.8 Å². The van der Waals surface area contributed by atoms with E-state index in [1.807, 2.05) is 24.3 Å². The summed E-state index contributed by atoms with van der Waals surface area (Å²) in [4.78, 5) is 22.8. The molecule has 1 saturated carbocycles. The summed E-state index contributed by atoms with van der Waals surface area (Å²) in [6.07, 6.45) is 2.32. The number of alkyl halides is 1. The Bertz CT molecular complexity index is 455. The van der Waals surface area contributed by atoms with Crippen molar-refractivity contribution in [1.29, 1.82) is 0 Å². The van der Waals surface area contributed by atoms with Crippen LogP contribution in [0.5, 0.6) is 0 Å². The van der Waals surface area contributed by atoms with Gasteiger partial charge in [-0.05, 0) is 30.5 Å². The van der Waals surface area contributed by atoms with Crippen molar-refractivity contribution in [3.63, 3.8) is 0 Å². The number of amides is 2. The highest BCUT2D eigenvalue weighted by Gasteiger charge is 2.29. The van der Waals surface area contributed by atoms with Crippen LogP contribution in [0.25, 0.3) is 0 Å². The summed E-state index contributed by atoms with van der Waals surface area (Å²) in [5.41, 5.74) is 1.79. The maximum absolute atomic E-state index is 11.6. The second-order valence-electron chi connectivity index (χ2n) is 4.68. The number of carbonyl (C=O) groups is 2. The first-order valence-electron chi connectivity index (χ1n) is 6.41. The summed E-state index contributed by atoms with van der Waals surface area (Å²) in [6.45, 7) is 0.479.